The second-order valence-corrected chi connectivity index (χ2v) is 6.65. The Labute approximate surface area is 143 Å². The van der Waals surface area contributed by atoms with E-state index >= 15 is 0 Å². The number of aryl methyl sites for hydroxylation is 2. The van der Waals surface area contributed by atoms with Gasteiger partial charge in [0.2, 0.25) is 5.95 Å². The maximum atomic E-state index is 9.04. The fraction of sp³-hybridized carbons (Fsp3) is 0.526. The molecule has 1 aliphatic heterocycles. The Morgan fingerprint density at radius 1 is 1.21 bits per heavy atom. The lowest BCUT2D eigenvalue weighted by Gasteiger charge is -2.32. The van der Waals surface area contributed by atoms with Crippen molar-refractivity contribution in [2.75, 3.05) is 24.6 Å². The molecular weight excluding hydrogens is 300 g/mol. The molecule has 5 nitrogen and oxygen atoms in total. The van der Waals surface area contributed by atoms with E-state index in [1.807, 2.05) is 32.2 Å². The highest BCUT2D eigenvalue weighted by Crippen LogP contribution is 2.26. The summed E-state index contributed by atoms with van der Waals surface area (Å²) in [6.07, 6.45) is 6.20. The van der Waals surface area contributed by atoms with E-state index < -0.39 is 0 Å². The van der Waals surface area contributed by atoms with Crippen LogP contribution >= 0.6 is 0 Å². The van der Waals surface area contributed by atoms with Crippen molar-refractivity contribution in [1.29, 1.82) is 0 Å². The zero-order valence-electron chi connectivity index (χ0n) is 14.6. The van der Waals surface area contributed by atoms with E-state index in [1.165, 1.54) is 6.42 Å². The summed E-state index contributed by atoms with van der Waals surface area (Å²) in [6.45, 7) is 6.29. The lowest BCUT2D eigenvalue weighted by atomic mass is 9.94. The maximum absolute atomic E-state index is 9.04. The second-order valence-electron chi connectivity index (χ2n) is 6.65. The average molecular weight is 326 g/mol. The van der Waals surface area contributed by atoms with Gasteiger partial charge in [-0.25, -0.2) is 9.97 Å². The van der Waals surface area contributed by atoms with Gasteiger partial charge in [-0.05, 0) is 63.6 Å². The van der Waals surface area contributed by atoms with E-state index in [4.69, 9.17) is 10.1 Å². The topological polar surface area (TPSA) is 62.1 Å². The molecule has 1 aliphatic rings. The van der Waals surface area contributed by atoms with Crippen LogP contribution in [0.15, 0.2) is 24.4 Å². The van der Waals surface area contributed by atoms with E-state index in [-0.39, 0.29) is 6.61 Å². The summed E-state index contributed by atoms with van der Waals surface area (Å²) in [4.78, 5) is 16.1. The van der Waals surface area contributed by atoms with Gasteiger partial charge in [0.25, 0.3) is 0 Å². The van der Waals surface area contributed by atoms with Crippen molar-refractivity contribution in [3.63, 3.8) is 0 Å². The van der Waals surface area contributed by atoms with Crippen LogP contribution in [0.1, 0.15) is 37.1 Å². The Morgan fingerprint density at radius 2 is 2.08 bits per heavy atom. The Bertz CT molecular complexity index is 689. The highest BCUT2D eigenvalue weighted by atomic mass is 16.2. The first-order valence-electron chi connectivity index (χ1n) is 8.81. The largest absolute Gasteiger partial charge is 0.396 e. The Kier molecular flexibility index (Phi) is 5.41. The molecule has 0 radical (unpaired) electrons. The van der Waals surface area contributed by atoms with Gasteiger partial charge in [0.05, 0.1) is 5.69 Å². The number of aromatic nitrogens is 3. The predicted octanol–water partition coefficient (Wildman–Crippen LogP) is 3.14. The third kappa shape index (κ3) is 3.90. The molecule has 2 aromatic rings. The van der Waals surface area contributed by atoms with Gasteiger partial charge >= 0.3 is 0 Å². The summed E-state index contributed by atoms with van der Waals surface area (Å²) in [5.74, 6) is 1.43. The summed E-state index contributed by atoms with van der Waals surface area (Å²) < 4.78 is 0. The number of pyridine rings is 1. The summed E-state index contributed by atoms with van der Waals surface area (Å²) in [7, 11) is 0. The first-order valence-corrected chi connectivity index (χ1v) is 8.81. The van der Waals surface area contributed by atoms with Gasteiger partial charge in [-0.15, -0.1) is 0 Å². The van der Waals surface area contributed by atoms with E-state index in [2.05, 4.69) is 20.9 Å². The van der Waals surface area contributed by atoms with Gasteiger partial charge in [-0.2, -0.15) is 0 Å². The van der Waals surface area contributed by atoms with Crippen molar-refractivity contribution < 1.29 is 5.11 Å². The fourth-order valence-electron chi connectivity index (χ4n) is 3.47. The molecule has 1 fully saturated rings. The lowest BCUT2D eigenvalue weighted by Crippen LogP contribution is -2.36. The molecule has 0 aliphatic carbocycles. The van der Waals surface area contributed by atoms with Crippen molar-refractivity contribution in [3.05, 3.63) is 35.8 Å². The van der Waals surface area contributed by atoms with Gasteiger partial charge in [-0.3, -0.25) is 4.98 Å². The Morgan fingerprint density at radius 3 is 2.88 bits per heavy atom. The van der Waals surface area contributed by atoms with Gasteiger partial charge in [-0.1, -0.05) is 0 Å². The van der Waals surface area contributed by atoms with E-state index in [9.17, 15) is 0 Å². The summed E-state index contributed by atoms with van der Waals surface area (Å²) in [5, 5.41) is 9.04. The number of aliphatic hydroxyl groups excluding tert-OH is 1. The lowest BCUT2D eigenvalue weighted by molar-refractivity contribution is 0.263. The van der Waals surface area contributed by atoms with E-state index in [0.29, 0.717) is 5.92 Å². The van der Waals surface area contributed by atoms with Crippen LogP contribution in [0.25, 0.3) is 11.3 Å². The smallest absolute Gasteiger partial charge is 0.225 e. The molecule has 0 spiro atoms. The molecule has 0 amide bonds. The highest BCUT2D eigenvalue weighted by molar-refractivity contribution is 5.62. The summed E-state index contributed by atoms with van der Waals surface area (Å²) in [6, 6.07) is 6.07. The molecular formula is C19H26N4O. The first-order chi connectivity index (χ1) is 11.7. The zero-order valence-corrected chi connectivity index (χ0v) is 14.6. The third-order valence-electron chi connectivity index (χ3n) is 4.72. The first kappa shape index (κ1) is 16.8. The van der Waals surface area contributed by atoms with Crippen molar-refractivity contribution in [1.82, 2.24) is 15.0 Å². The second kappa shape index (κ2) is 7.71. The van der Waals surface area contributed by atoms with Crippen LogP contribution < -0.4 is 4.90 Å². The van der Waals surface area contributed by atoms with Crippen LogP contribution in [0.5, 0.6) is 0 Å². The molecule has 0 saturated carbocycles. The monoisotopic (exact) mass is 326 g/mol. The van der Waals surface area contributed by atoms with Crippen LogP contribution in [-0.4, -0.2) is 39.8 Å². The minimum atomic E-state index is 0.280. The fourth-order valence-corrected chi connectivity index (χ4v) is 3.47. The number of rotatable bonds is 5. The SMILES string of the molecule is Cc1ccc(-c2ccnc(N3CCC[C@@H](CCCO)C3)n2)c(C)n1. The number of nitrogens with zero attached hydrogens (tertiary/aromatic N) is 4. The highest BCUT2D eigenvalue weighted by Gasteiger charge is 2.21. The van der Waals surface area contributed by atoms with Gasteiger partial charge < -0.3 is 10.0 Å². The quantitative estimate of drug-likeness (QED) is 0.914. The minimum Gasteiger partial charge on any atom is -0.396 e. The molecule has 1 atom stereocenters. The number of hydrogen-bond acceptors (Lipinski definition) is 5. The Balaban J connectivity index is 1.80. The summed E-state index contributed by atoms with van der Waals surface area (Å²) >= 11 is 0. The van der Waals surface area contributed by atoms with Crippen LogP contribution in [0.3, 0.4) is 0 Å². The van der Waals surface area contributed by atoms with Crippen LogP contribution in [-0.2, 0) is 0 Å². The number of piperidine rings is 1. The average Bonchev–Trinajstić information content (AvgIpc) is 2.60. The van der Waals surface area contributed by atoms with Gasteiger partial charge in [0.1, 0.15) is 0 Å². The molecule has 5 heteroatoms. The normalized spacial score (nSPS) is 18.0. The number of hydrogen-bond donors (Lipinski definition) is 1. The van der Waals surface area contributed by atoms with Crippen LogP contribution in [0, 0.1) is 19.8 Å². The Hall–Kier alpha value is -2.01. The molecule has 1 saturated heterocycles. The van der Waals surface area contributed by atoms with Crippen molar-refractivity contribution in [2.45, 2.75) is 39.5 Å². The molecule has 3 heterocycles. The molecule has 2 aromatic heterocycles. The molecule has 0 aromatic carbocycles. The van der Waals surface area contributed by atoms with Crippen molar-refractivity contribution >= 4 is 5.95 Å². The molecule has 128 valence electrons. The third-order valence-corrected chi connectivity index (χ3v) is 4.72. The minimum absolute atomic E-state index is 0.280. The summed E-state index contributed by atoms with van der Waals surface area (Å²) in [5.41, 5.74) is 4.02. The standard InChI is InChI=1S/C19H26N4O/c1-14-7-8-17(15(2)21-14)18-9-10-20-19(22-18)23-11-3-5-16(13-23)6-4-12-24/h7-10,16,24H,3-6,11-13H2,1-2H3/t16-/m0/s1. The number of anilines is 1. The van der Waals surface area contributed by atoms with Crippen molar-refractivity contribution in [3.8, 4) is 11.3 Å². The number of aliphatic hydroxyl groups is 1. The van der Waals surface area contributed by atoms with E-state index in [0.717, 1.165) is 60.9 Å². The van der Waals surface area contributed by atoms with Gasteiger partial charge in [0.15, 0.2) is 0 Å². The van der Waals surface area contributed by atoms with E-state index in [1.54, 1.807) is 0 Å². The molecule has 0 unspecified atom stereocenters. The molecule has 0 bridgehead atoms. The zero-order chi connectivity index (χ0) is 16.9. The molecule has 3 rings (SSSR count). The van der Waals surface area contributed by atoms with Crippen molar-refractivity contribution in [2.24, 2.45) is 5.92 Å². The molecule has 24 heavy (non-hydrogen) atoms. The maximum Gasteiger partial charge on any atom is 0.225 e. The predicted molar refractivity (Wildman–Crippen MR) is 96.0 cm³/mol. The van der Waals surface area contributed by atoms with Gasteiger partial charge in [0, 0.05) is 42.8 Å². The molecule has 1 N–H and O–H groups in total. The van der Waals surface area contributed by atoms with Crippen LogP contribution in [0.4, 0.5) is 5.95 Å². The van der Waals surface area contributed by atoms with Crippen LogP contribution in [0.2, 0.25) is 0 Å².